The molecule has 37 heavy (non-hydrogen) atoms. The van der Waals surface area contributed by atoms with Crippen molar-refractivity contribution < 1.29 is 28.0 Å². The van der Waals surface area contributed by atoms with Crippen LogP contribution in [0.15, 0.2) is 51.8 Å². The Balaban J connectivity index is 1.63. The van der Waals surface area contributed by atoms with Crippen LogP contribution in [-0.4, -0.2) is 49.1 Å². The molecule has 0 fully saturated rings. The Morgan fingerprint density at radius 2 is 1.92 bits per heavy atom. The molecule has 0 aliphatic carbocycles. The summed E-state index contributed by atoms with van der Waals surface area (Å²) in [5.41, 5.74) is 1.68. The third-order valence-electron chi connectivity index (χ3n) is 6.75. The number of benzene rings is 2. The Hall–Kier alpha value is -3.72. The summed E-state index contributed by atoms with van der Waals surface area (Å²) in [5, 5.41) is 2.17. The minimum absolute atomic E-state index is 0.0545. The lowest BCUT2D eigenvalue weighted by molar-refractivity contribution is -0.140. The van der Waals surface area contributed by atoms with E-state index in [-0.39, 0.29) is 30.3 Å². The van der Waals surface area contributed by atoms with E-state index in [1.54, 1.807) is 38.5 Å². The molecule has 4 rings (SSSR count). The van der Waals surface area contributed by atoms with Gasteiger partial charge in [-0.15, -0.1) is 0 Å². The van der Waals surface area contributed by atoms with Gasteiger partial charge in [-0.1, -0.05) is 32.0 Å². The zero-order valence-electron chi connectivity index (χ0n) is 21.4. The topological polar surface area (TPSA) is 102 Å². The summed E-state index contributed by atoms with van der Waals surface area (Å²) >= 11 is 0. The van der Waals surface area contributed by atoms with E-state index in [1.165, 1.54) is 17.0 Å². The zero-order valence-corrected chi connectivity index (χ0v) is 21.4. The number of H-pyrrole nitrogens is 1. The second kappa shape index (κ2) is 10.7. The number of rotatable bonds is 9. The number of amides is 1. The molecular formula is C28H31FN2O6. The van der Waals surface area contributed by atoms with E-state index in [0.29, 0.717) is 42.0 Å². The molecule has 0 spiro atoms. The van der Waals surface area contributed by atoms with Crippen LogP contribution < -0.4 is 10.3 Å². The summed E-state index contributed by atoms with van der Waals surface area (Å²) in [5.74, 6) is -0.131. The van der Waals surface area contributed by atoms with Crippen LogP contribution in [0, 0.1) is 5.82 Å². The Morgan fingerprint density at radius 3 is 2.57 bits per heavy atom. The molecule has 3 aromatic rings. The van der Waals surface area contributed by atoms with Crippen LogP contribution >= 0.6 is 0 Å². The molecule has 0 bridgehead atoms. The van der Waals surface area contributed by atoms with Crippen molar-refractivity contribution in [2.45, 2.75) is 44.6 Å². The molecule has 0 saturated carbocycles. The van der Waals surface area contributed by atoms with Crippen LogP contribution in [0.4, 0.5) is 4.39 Å². The number of ketones is 1. The number of aromatic nitrogens is 1. The summed E-state index contributed by atoms with van der Waals surface area (Å²) in [6.45, 7) is 4.44. The van der Waals surface area contributed by atoms with Gasteiger partial charge in [0.25, 0.3) is 5.56 Å². The third kappa shape index (κ3) is 5.67. The van der Waals surface area contributed by atoms with E-state index in [1.807, 2.05) is 19.9 Å². The highest BCUT2D eigenvalue weighted by Gasteiger charge is 2.36. The number of halogens is 1. The van der Waals surface area contributed by atoms with E-state index >= 15 is 4.39 Å². The van der Waals surface area contributed by atoms with Gasteiger partial charge >= 0.3 is 0 Å². The van der Waals surface area contributed by atoms with Crippen molar-refractivity contribution in [2.24, 2.45) is 0 Å². The predicted octanol–water partition coefficient (Wildman–Crippen LogP) is 3.52. The molecule has 1 atom stereocenters. The largest absolute Gasteiger partial charge is 0.497 e. The first-order valence-corrected chi connectivity index (χ1v) is 12.1. The van der Waals surface area contributed by atoms with Gasteiger partial charge in [0.05, 0.1) is 20.1 Å². The number of fused-ring (bicyclic) bond motifs is 1. The smallest absolute Gasteiger partial charge is 0.280 e. The molecule has 1 aliphatic rings. The van der Waals surface area contributed by atoms with E-state index in [9.17, 15) is 14.4 Å². The molecule has 1 N–H and O–H groups in total. The number of hydrogen-bond acceptors (Lipinski definition) is 6. The quantitative estimate of drug-likeness (QED) is 0.473. The summed E-state index contributed by atoms with van der Waals surface area (Å²) in [6, 6.07) is 10.6. The Kier molecular flexibility index (Phi) is 7.63. The minimum atomic E-state index is -0.861. The maximum Gasteiger partial charge on any atom is 0.280 e. The van der Waals surface area contributed by atoms with Crippen molar-refractivity contribution in [3.63, 3.8) is 0 Å². The molecular weight excluding hydrogens is 479 g/mol. The van der Waals surface area contributed by atoms with Crippen molar-refractivity contribution in [1.82, 2.24) is 10.1 Å². The first kappa shape index (κ1) is 26.3. The highest BCUT2D eigenvalue weighted by atomic mass is 19.1. The van der Waals surface area contributed by atoms with Gasteiger partial charge in [0.15, 0.2) is 5.78 Å². The van der Waals surface area contributed by atoms with Crippen LogP contribution in [0.5, 0.6) is 5.75 Å². The first-order chi connectivity index (χ1) is 17.6. The molecule has 2 heterocycles. The number of methoxy groups -OCH3 is 2. The highest BCUT2D eigenvalue weighted by Crippen LogP contribution is 2.34. The van der Waals surface area contributed by atoms with Gasteiger partial charge in [0, 0.05) is 31.6 Å². The van der Waals surface area contributed by atoms with E-state index in [2.05, 4.69) is 5.16 Å². The Bertz CT molecular complexity index is 1360. The SMILES string of the molecule is COCC(C)(C)c1ccc(CC(=O)[C@H]2c3ccc(OC)cc3CCN2C(=O)Cc2cc(=O)[nH]o2)cc1F. The fraction of sp³-hybridized carbons (Fsp3) is 0.393. The normalized spacial score (nSPS) is 15.4. The van der Waals surface area contributed by atoms with Gasteiger partial charge in [-0.3, -0.25) is 14.4 Å². The second-order valence-corrected chi connectivity index (χ2v) is 9.93. The number of Topliss-reactive ketones (excluding diaryl/α,β-unsaturated/α-hetero) is 1. The van der Waals surface area contributed by atoms with Crippen LogP contribution in [0.25, 0.3) is 0 Å². The average molecular weight is 511 g/mol. The zero-order chi connectivity index (χ0) is 26.7. The van der Waals surface area contributed by atoms with Crippen molar-refractivity contribution in [1.29, 1.82) is 0 Å². The summed E-state index contributed by atoms with van der Waals surface area (Å²) in [6.07, 6.45) is 0.323. The van der Waals surface area contributed by atoms with Gasteiger partial charge in [-0.05, 0) is 46.9 Å². The molecule has 0 radical (unpaired) electrons. The summed E-state index contributed by atoms with van der Waals surface area (Å²) < 4.78 is 30.7. The number of aromatic amines is 1. The lowest BCUT2D eigenvalue weighted by atomic mass is 9.83. The van der Waals surface area contributed by atoms with Gasteiger partial charge < -0.3 is 18.9 Å². The van der Waals surface area contributed by atoms with Gasteiger partial charge in [0.1, 0.15) is 23.4 Å². The van der Waals surface area contributed by atoms with Crippen molar-refractivity contribution in [3.05, 3.63) is 86.6 Å². The molecule has 0 unspecified atom stereocenters. The summed E-state index contributed by atoms with van der Waals surface area (Å²) in [4.78, 5) is 39.9. The first-order valence-electron chi connectivity index (χ1n) is 12.1. The molecule has 9 heteroatoms. The third-order valence-corrected chi connectivity index (χ3v) is 6.75. The van der Waals surface area contributed by atoms with Crippen molar-refractivity contribution in [2.75, 3.05) is 27.4 Å². The van der Waals surface area contributed by atoms with Crippen LogP contribution in [0.1, 0.15) is 47.9 Å². The van der Waals surface area contributed by atoms with Gasteiger partial charge in [-0.25, -0.2) is 4.39 Å². The Morgan fingerprint density at radius 1 is 1.14 bits per heavy atom. The fourth-order valence-electron chi connectivity index (χ4n) is 4.96. The maximum absolute atomic E-state index is 15.0. The van der Waals surface area contributed by atoms with E-state index in [0.717, 1.165) is 5.56 Å². The molecule has 0 saturated heterocycles. The van der Waals surface area contributed by atoms with Crippen molar-refractivity contribution in [3.8, 4) is 5.75 Å². The molecule has 196 valence electrons. The lowest BCUT2D eigenvalue weighted by Gasteiger charge is -2.36. The lowest BCUT2D eigenvalue weighted by Crippen LogP contribution is -2.44. The van der Waals surface area contributed by atoms with E-state index in [4.69, 9.17) is 14.0 Å². The van der Waals surface area contributed by atoms with Crippen LogP contribution in [0.2, 0.25) is 0 Å². The van der Waals surface area contributed by atoms with Gasteiger partial charge in [0.2, 0.25) is 5.91 Å². The second-order valence-electron chi connectivity index (χ2n) is 9.93. The molecule has 1 aliphatic heterocycles. The number of nitrogens with one attached hydrogen (secondary N) is 1. The number of ether oxygens (including phenoxy) is 2. The monoisotopic (exact) mass is 510 g/mol. The molecule has 1 aromatic heterocycles. The average Bonchev–Trinajstić information content (AvgIpc) is 3.26. The number of carbonyl (C=O) groups is 2. The highest BCUT2D eigenvalue weighted by molar-refractivity contribution is 5.92. The van der Waals surface area contributed by atoms with Crippen molar-refractivity contribution >= 4 is 11.7 Å². The molecule has 8 nitrogen and oxygen atoms in total. The van der Waals surface area contributed by atoms with E-state index < -0.39 is 22.8 Å². The predicted molar refractivity (Wildman–Crippen MR) is 134 cm³/mol. The van der Waals surface area contributed by atoms with Gasteiger partial charge in [-0.2, -0.15) is 5.16 Å². The fourth-order valence-corrected chi connectivity index (χ4v) is 4.96. The standard InChI is InChI=1S/C28H31FN2O6/c1-28(2,16-35-3)22-8-5-17(11-23(22)29)12-24(32)27-21-7-6-19(36-4)13-18(21)9-10-31(27)26(34)15-20-14-25(33)30-37-20/h5-8,11,13-14,27H,9-10,12,15-16H2,1-4H3,(H,30,33)/t27-/m1/s1. The molecule has 1 amide bonds. The number of hydrogen-bond donors (Lipinski definition) is 1. The van der Waals surface area contributed by atoms with Crippen LogP contribution in [0.3, 0.4) is 0 Å². The molecule has 2 aromatic carbocycles. The minimum Gasteiger partial charge on any atom is -0.497 e. The maximum atomic E-state index is 15.0. The Labute approximate surface area is 214 Å². The van der Waals surface area contributed by atoms with Crippen LogP contribution in [-0.2, 0) is 39.0 Å². The number of carbonyl (C=O) groups excluding carboxylic acids is 2. The summed E-state index contributed by atoms with van der Waals surface area (Å²) in [7, 11) is 3.14. The number of nitrogens with zero attached hydrogens (tertiary/aromatic N) is 1.